The van der Waals surface area contributed by atoms with Crippen molar-refractivity contribution in [3.05, 3.63) is 94.8 Å². The Morgan fingerprint density at radius 2 is 1.76 bits per heavy atom. The van der Waals surface area contributed by atoms with Crippen molar-refractivity contribution < 1.29 is 8.42 Å². The van der Waals surface area contributed by atoms with E-state index in [9.17, 15) is 8.42 Å². The number of hydrogen-bond donors (Lipinski definition) is 0. The summed E-state index contributed by atoms with van der Waals surface area (Å²) in [6.45, 7) is 2.04. The predicted octanol–water partition coefficient (Wildman–Crippen LogP) is 4.95. The average Bonchev–Trinajstić information content (AvgIpc) is 2.75. The molecule has 0 aliphatic rings. The molecule has 5 nitrogen and oxygen atoms in total. The minimum absolute atomic E-state index is 0.0874. The van der Waals surface area contributed by atoms with Crippen molar-refractivity contribution in [2.24, 2.45) is 0 Å². The number of aromatic nitrogens is 1. The zero-order valence-electron chi connectivity index (χ0n) is 15.9. The number of nitriles is 1. The van der Waals surface area contributed by atoms with E-state index in [0.29, 0.717) is 22.7 Å². The predicted molar refractivity (Wildman–Crippen MR) is 113 cm³/mol. The monoisotopic (exact) mass is 425 g/mol. The molecule has 1 heterocycles. The number of halogens is 1. The fraction of sp³-hybridized carbons (Fsp3) is 0.182. The Morgan fingerprint density at radius 1 is 1.07 bits per heavy atom. The van der Waals surface area contributed by atoms with Crippen molar-refractivity contribution in [1.29, 1.82) is 5.26 Å². The Bertz CT molecular complexity index is 1090. The molecule has 0 N–H and O–H groups in total. The zero-order chi connectivity index (χ0) is 20.9. The van der Waals surface area contributed by atoms with Gasteiger partial charge in [0.1, 0.15) is 6.07 Å². The molecule has 29 heavy (non-hydrogen) atoms. The molecule has 7 heteroatoms. The molecular weight excluding hydrogens is 406 g/mol. The van der Waals surface area contributed by atoms with Crippen LogP contribution in [0.2, 0.25) is 5.02 Å². The van der Waals surface area contributed by atoms with Gasteiger partial charge in [0.15, 0.2) is 0 Å². The molecule has 0 spiro atoms. The molecule has 0 saturated carbocycles. The first-order valence-corrected chi connectivity index (χ1v) is 10.9. The molecule has 0 aliphatic carbocycles. The van der Waals surface area contributed by atoms with Crippen LogP contribution in [0, 0.1) is 11.3 Å². The molecule has 0 aliphatic heterocycles. The minimum Gasteiger partial charge on any atom is -0.259 e. The fourth-order valence-electron chi connectivity index (χ4n) is 3.13. The lowest BCUT2D eigenvalue weighted by Crippen LogP contribution is -2.34. The Hall–Kier alpha value is -2.72. The summed E-state index contributed by atoms with van der Waals surface area (Å²) < 4.78 is 28.6. The largest absolute Gasteiger partial charge is 0.259 e. The van der Waals surface area contributed by atoms with Crippen LogP contribution in [0.3, 0.4) is 0 Å². The average molecular weight is 426 g/mol. The van der Waals surface area contributed by atoms with Gasteiger partial charge in [-0.2, -0.15) is 9.57 Å². The lowest BCUT2D eigenvalue weighted by atomic mass is 10.0. The van der Waals surface area contributed by atoms with Crippen molar-refractivity contribution in [2.75, 3.05) is 0 Å². The summed E-state index contributed by atoms with van der Waals surface area (Å²) in [5, 5.41) is 9.45. The second-order valence-corrected chi connectivity index (χ2v) is 8.82. The summed E-state index contributed by atoms with van der Waals surface area (Å²) in [5.41, 5.74) is 1.90. The van der Waals surface area contributed by atoms with E-state index in [1.165, 1.54) is 22.6 Å². The van der Waals surface area contributed by atoms with E-state index in [1.54, 1.807) is 24.3 Å². The Labute approximate surface area is 176 Å². The maximum absolute atomic E-state index is 13.5. The van der Waals surface area contributed by atoms with Gasteiger partial charge < -0.3 is 0 Å². The topological polar surface area (TPSA) is 74.1 Å². The maximum Gasteiger partial charge on any atom is 0.243 e. The lowest BCUT2D eigenvalue weighted by molar-refractivity contribution is 0.307. The highest BCUT2D eigenvalue weighted by Crippen LogP contribution is 2.32. The molecule has 1 aromatic heterocycles. The van der Waals surface area contributed by atoms with E-state index in [1.807, 2.05) is 43.3 Å². The third-order valence-corrected chi connectivity index (χ3v) is 6.73. The van der Waals surface area contributed by atoms with Gasteiger partial charge in [0.25, 0.3) is 0 Å². The molecule has 0 saturated heterocycles. The molecule has 3 aromatic rings. The van der Waals surface area contributed by atoms with Crippen LogP contribution >= 0.6 is 11.6 Å². The summed E-state index contributed by atoms with van der Waals surface area (Å²) in [5.74, 6) is 0. The molecule has 3 rings (SSSR count). The van der Waals surface area contributed by atoms with Crippen molar-refractivity contribution in [3.63, 3.8) is 0 Å². The molecule has 0 fully saturated rings. The molecule has 2 aromatic carbocycles. The molecule has 0 unspecified atom stereocenters. The van der Waals surface area contributed by atoms with Crippen molar-refractivity contribution in [1.82, 2.24) is 9.29 Å². The highest BCUT2D eigenvalue weighted by Gasteiger charge is 2.32. The van der Waals surface area contributed by atoms with E-state index in [0.717, 1.165) is 5.56 Å². The third kappa shape index (κ3) is 4.83. The van der Waals surface area contributed by atoms with E-state index in [-0.39, 0.29) is 17.5 Å². The van der Waals surface area contributed by atoms with E-state index >= 15 is 0 Å². The van der Waals surface area contributed by atoms with Gasteiger partial charge in [0, 0.05) is 11.2 Å². The first kappa shape index (κ1) is 21.0. The smallest absolute Gasteiger partial charge is 0.243 e. The van der Waals surface area contributed by atoms with Crippen molar-refractivity contribution in [3.8, 4) is 6.07 Å². The number of sulfonamides is 1. The van der Waals surface area contributed by atoms with Gasteiger partial charge in [-0.15, -0.1) is 0 Å². The number of benzene rings is 2. The van der Waals surface area contributed by atoms with Crippen LogP contribution in [-0.4, -0.2) is 17.7 Å². The first-order chi connectivity index (χ1) is 14.0. The summed E-state index contributed by atoms with van der Waals surface area (Å²) in [4.78, 5) is 4.44. The lowest BCUT2D eigenvalue weighted by Gasteiger charge is -2.30. The van der Waals surface area contributed by atoms with Crippen LogP contribution in [0.1, 0.15) is 36.2 Å². The van der Waals surface area contributed by atoms with E-state index in [2.05, 4.69) is 4.98 Å². The molecule has 1 atom stereocenters. The van der Waals surface area contributed by atoms with Gasteiger partial charge >= 0.3 is 0 Å². The Balaban J connectivity index is 2.06. The van der Waals surface area contributed by atoms with Gasteiger partial charge in [-0.05, 0) is 48.4 Å². The second-order valence-electron chi connectivity index (χ2n) is 6.49. The fourth-order valence-corrected chi connectivity index (χ4v) is 4.91. The van der Waals surface area contributed by atoms with Crippen LogP contribution in [0.25, 0.3) is 0 Å². The first-order valence-electron chi connectivity index (χ1n) is 9.13. The molecular formula is C22H20ClN3O2S. The quantitative estimate of drug-likeness (QED) is 0.536. The molecule has 0 radical (unpaired) electrons. The molecule has 0 amide bonds. The Morgan fingerprint density at radius 3 is 2.31 bits per heavy atom. The molecule has 0 bridgehead atoms. The van der Waals surface area contributed by atoms with Crippen LogP contribution in [0.15, 0.2) is 77.8 Å². The number of rotatable bonds is 7. The van der Waals surface area contributed by atoms with Gasteiger partial charge in [0.05, 0.1) is 28.7 Å². The summed E-state index contributed by atoms with van der Waals surface area (Å²) in [6, 6.07) is 20.7. The van der Waals surface area contributed by atoms with Crippen LogP contribution in [-0.2, 0) is 16.6 Å². The summed E-state index contributed by atoms with van der Waals surface area (Å²) in [7, 11) is -3.82. The maximum atomic E-state index is 13.5. The number of pyridine rings is 1. The molecule has 148 valence electrons. The van der Waals surface area contributed by atoms with Crippen molar-refractivity contribution >= 4 is 21.6 Å². The normalized spacial score (nSPS) is 12.5. The Kier molecular flexibility index (Phi) is 6.65. The van der Waals surface area contributed by atoms with Gasteiger partial charge in [0.2, 0.25) is 10.0 Å². The van der Waals surface area contributed by atoms with Gasteiger partial charge in [-0.1, -0.05) is 48.9 Å². The number of hydrogen-bond acceptors (Lipinski definition) is 4. The minimum atomic E-state index is -3.82. The van der Waals surface area contributed by atoms with Crippen LogP contribution < -0.4 is 0 Å². The zero-order valence-corrected chi connectivity index (χ0v) is 17.4. The second kappa shape index (κ2) is 9.19. The highest BCUT2D eigenvalue weighted by atomic mass is 35.5. The van der Waals surface area contributed by atoms with Gasteiger partial charge in [-0.3, -0.25) is 4.98 Å². The SMILES string of the molecule is CC[C@@H](c1ccccc1)N(Cc1ccc(C#N)cn1)S(=O)(=O)c1ccc(Cl)cc1. The number of nitrogens with zero attached hydrogens (tertiary/aromatic N) is 3. The van der Waals surface area contributed by atoms with Crippen LogP contribution in [0.5, 0.6) is 0 Å². The summed E-state index contributed by atoms with van der Waals surface area (Å²) in [6.07, 6.45) is 2.04. The van der Waals surface area contributed by atoms with E-state index in [4.69, 9.17) is 16.9 Å². The third-order valence-electron chi connectivity index (χ3n) is 4.61. The van der Waals surface area contributed by atoms with Crippen molar-refractivity contribution in [2.45, 2.75) is 30.8 Å². The van der Waals surface area contributed by atoms with Gasteiger partial charge in [-0.25, -0.2) is 8.42 Å². The van der Waals surface area contributed by atoms with E-state index < -0.39 is 10.0 Å². The van der Waals surface area contributed by atoms with Crippen LogP contribution in [0.4, 0.5) is 0 Å². The summed E-state index contributed by atoms with van der Waals surface area (Å²) >= 11 is 5.94. The highest BCUT2D eigenvalue weighted by molar-refractivity contribution is 7.89. The standard InChI is InChI=1S/C22H20ClN3O2S/c1-2-22(18-6-4-3-5-7-18)26(16-20-11-8-17(14-24)15-25-20)29(27,28)21-12-9-19(23)10-13-21/h3-13,15,22H,2,16H2,1H3/t22-/m0/s1.